The van der Waals surface area contributed by atoms with Gasteiger partial charge in [0.25, 0.3) is 0 Å². The third-order valence-corrected chi connectivity index (χ3v) is 3.35. The summed E-state index contributed by atoms with van der Waals surface area (Å²) < 4.78 is 0. The fourth-order valence-electron chi connectivity index (χ4n) is 2.13. The minimum Gasteiger partial charge on any atom is -0.309 e. The molecule has 0 amide bonds. The molecule has 0 saturated carbocycles. The summed E-state index contributed by atoms with van der Waals surface area (Å²) in [6.45, 7) is 3.46. The molecule has 0 N–H and O–H groups in total. The van der Waals surface area contributed by atoms with E-state index < -0.39 is 0 Å². The lowest BCUT2D eigenvalue weighted by molar-refractivity contribution is 0.386. The van der Waals surface area contributed by atoms with Gasteiger partial charge in [0.15, 0.2) is 0 Å². The van der Waals surface area contributed by atoms with E-state index in [4.69, 9.17) is 0 Å². The molecular formula is C16H21N. The van der Waals surface area contributed by atoms with E-state index in [0.29, 0.717) is 5.92 Å². The fraction of sp³-hybridized carbons (Fsp3) is 0.375. The number of benzene rings is 2. The van der Waals surface area contributed by atoms with Crippen LogP contribution in [0.4, 0.5) is 0 Å². The van der Waals surface area contributed by atoms with E-state index in [9.17, 15) is 0 Å². The van der Waals surface area contributed by atoms with Crippen LogP contribution in [-0.4, -0.2) is 25.5 Å². The first-order valence-corrected chi connectivity index (χ1v) is 6.30. The Morgan fingerprint density at radius 1 is 1.00 bits per heavy atom. The van der Waals surface area contributed by atoms with E-state index in [2.05, 4.69) is 68.4 Å². The maximum atomic E-state index is 2.33. The second kappa shape index (κ2) is 5.33. The van der Waals surface area contributed by atoms with Gasteiger partial charge in [-0.2, -0.15) is 0 Å². The summed E-state index contributed by atoms with van der Waals surface area (Å²) in [5.74, 6) is 0.627. The molecule has 0 radical (unpaired) electrons. The van der Waals surface area contributed by atoms with Crippen molar-refractivity contribution in [3.8, 4) is 0 Å². The van der Waals surface area contributed by atoms with Crippen LogP contribution in [0, 0.1) is 0 Å². The predicted molar refractivity (Wildman–Crippen MR) is 75.5 cm³/mol. The Morgan fingerprint density at radius 3 is 2.41 bits per heavy atom. The quantitative estimate of drug-likeness (QED) is 0.766. The largest absolute Gasteiger partial charge is 0.309 e. The highest BCUT2D eigenvalue weighted by Gasteiger charge is 2.06. The van der Waals surface area contributed by atoms with Crippen LogP contribution in [0.15, 0.2) is 42.5 Å². The summed E-state index contributed by atoms with van der Waals surface area (Å²) in [5.41, 5.74) is 1.45. The van der Waals surface area contributed by atoms with Crippen LogP contribution in [-0.2, 0) is 0 Å². The minimum absolute atomic E-state index is 0.627. The highest BCUT2D eigenvalue weighted by atomic mass is 15.0. The van der Waals surface area contributed by atoms with Gasteiger partial charge < -0.3 is 4.90 Å². The molecule has 0 spiro atoms. The lowest BCUT2D eigenvalue weighted by atomic mass is 9.95. The van der Waals surface area contributed by atoms with Crippen molar-refractivity contribution in [2.75, 3.05) is 20.6 Å². The number of nitrogens with zero attached hydrogens (tertiary/aromatic N) is 1. The van der Waals surface area contributed by atoms with Crippen molar-refractivity contribution in [2.45, 2.75) is 19.3 Å². The molecule has 1 unspecified atom stereocenters. The first kappa shape index (κ1) is 12.1. The van der Waals surface area contributed by atoms with Crippen LogP contribution in [0.3, 0.4) is 0 Å². The predicted octanol–water partition coefficient (Wildman–Crippen LogP) is 3.90. The molecule has 0 saturated heterocycles. The van der Waals surface area contributed by atoms with Gasteiger partial charge >= 0.3 is 0 Å². The van der Waals surface area contributed by atoms with E-state index in [0.717, 1.165) is 6.54 Å². The van der Waals surface area contributed by atoms with Crippen LogP contribution < -0.4 is 0 Å². The van der Waals surface area contributed by atoms with Gasteiger partial charge in [-0.3, -0.25) is 0 Å². The molecule has 90 valence electrons. The van der Waals surface area contributed by atoms with E-state index >= 15 is 0 Å². The monoisotopic (exact) mass is 227 g/mol. The maximum absolute atomic E-state index is 2.33. The summed E-state index contributed by atoms with van der Waals surface area (Å²) in [7, 11) is 4.26. The number of fused-ring (bicyclic) bond motifs is 1. The summed E-state index contributed by atoms with van der Waals surface area (Å²) in [6.07, 6.45) is 1.21. The van der Waals surface area contributed by atoms with Crippen LogP contribution in [0.25, 0.3) is 10.8 Å². The van der Waals surface area contributed by atoms with Crippen molar-refractivity contribution in [1.82, 2.24) is 4.90 Å². The van der Waals surface area contributed by atoms with Gasteiger partial charge in [-0.15, -0.1) is 0 Å². The molecule has 2 aromatic carbocycles. The molecule has 2 aromatic rings. The Labute approximate surface area is 104 Å². The van der Waals surface area contributed by atoms with Crippen LogP contribution >= 0.6 is 0 Å². The van der Waals surface area contributed by atoms with Gasteiger partial charge in [0.2, 0.25) is 0 Å². The normalized spacial score (nSPS) is 13.2. The van der Waals surface area contributed by atoms with Gasteiger partial charge in [-0.25, -0.2) is 0 Å². The zero-order valence-corrected chi connectivity index (χ0v) is 11.0. The Balaban J connectivity index is 2.18. The van der Waals surface area contributed by atoms with Gasteiger partial charge in [-0.1, -0.05) is 49.4 Å². The zero-order chi connectivity index (χ0) is 12.3. The van der Waals surface area contributed by atoms with Crippen molar-refractivity contribution in [3.05, 3.63) is 48.0 Å². The molecule has 1 nitrogen and oxygen atoms in total. The van der Waals surface area contributed by atoms with E-state index in [1.807, 2.05) is 0 Å². The number of rotatable bonds is 4. The third-order valence-electron chi connectivity index (χ3n) is 3.35. The van der Waals surface area contributed by atoms with Crippen LogP contribution in [0.1, 0.15) is 24.8 Å². The summed E-state index contributed by atoms with van der Waals surface area (Å²) in [6, 6.07) is 15.4. The summed E-state index contributed by atoms with van der Waals surface area (Å²) in [4.78, 5) is 2.25. The Hall–Kier alpha value is -1.34. The fourth-order valence-corrected chi connectivity index (χ4v) is 2.13. The van der Waals surface area contributed by atoms with Crippen molar-refractivity contribution in [3.63, 3.8) is 0 Å². The molecule has 0 fully saturated rings. The Kier molecular flexibility index (Phi) is 3.80. The first-order valence-electron chi connectivity index (χ1n) is 6.30. The molecule has 1 atom stereocenters. The van der Waals surface area contributed by atoms with E-state index in [-0.39, 0.29) is 0 Å². The molecule has 2 rings (SSSR count). The Bertz CT molecular complexity index is 488. The van der Waals surface area contributed by atoms with Crippen LogP contribution in [0.5, 0.6) is 0 Å². The van der Waals surface area contributed by atoms with Crippen LogP contribution in [0.2, 0.25) is 0 Å². The highest BCUT2D eigenvalue weighted by molar-refractivity contribution is 5.83. The number of hydrogen-bond donors (Lipinski definition) is 0. The molecule has 1 heteroatoms. The van der Waals surface area contributed by atoms with Gasteiger partial charge in [-0.05, 0) is 49.3 Å². The zero-order valence-electron chi connectivity index (χ0n) is 11.0. The first-order chi connectivity index (χ1) is 8.16. The number of hydrogen-bond acceptors (Lipinski definition) is 1. The lowest BCUT2D eigenvalue weighted by Crippen LogP contribution is -2.15. The highest BCUT2D eigenvalue weighted by Crippen LogP contribution is 2.23. The minimum atomic E-state index is 0.627. The SMILES string of the molecule is CC(CCN(C)C)c1ccc2ccccc2c1. The summed E-state index contributed by atoms with van der Waals surface area (Å²) >= 11 is 0. The van der Waals surface area contributed by atoms with E-state index in [1.165, 1.54) is 22.8 Å². The average Bonchev–Trinajstić information content (AvgIpc) is 2.35. The summed E-state index contributed by atoms with van der Waals surface area (Å²) in [5, 5.41) is 2.68. The third kappa shape index (κ3) is 3.07. The topological polar surface area (TPSA) is 3.24 Å². The smallest absolute Gasteiger partial charge is 0.00191 e. The molecule has 0 heterocycles. The van der Waals surface area contributed by atoms with Crippen molar-refractivity contribution in [2.24, 2.45) is 0 Å². The molecule has 0 aromatic heterocycles. The van der Waals surface area contributed by atoms with Gasteiger partial charge in [0.05, 0.1) is 0 Å². The maximum Gasteiger partial charge on any atom is -0.00191 e. The molecule has 0 aliphatic rings. The van der Waals surface area contributed by atoms with Crippen molar-refractivity contribution < 1.29 is 0 Å². The van der Waals surface area contributed by atoms with Crippen molar-refractivity contribution >= 4 is 10.8 Å². The van der Waals surface area contributed by atoms with Gasteiger partial charge in [0.1, 0.15) is 0 Å². The molecule has 0 aliphatic carbocycles. The van der Waals surface area contributed by atoms with Crippen molar-refractivity contribution in [1.29, 1.82) is 0 Å². The van der Waals surface area contributed by atoms with Gasteiger partial charge in [0, 0.05) is 0 Å². The standard InChI is InChI=1S/C16H21N/c1-13(10-11-17(2)3)15-9-8-14-6-4-5-7-16(14)12-15/h4-9,12-13H,10-11H2,1-3H3. The molecule has 17 heavy (non-hydrogen) atoms. The van der Waals surface area contributed by atoms with E-state index in [1.54, 1.807) is 0 Å². The lowest BCUT2D eigenvalue weighted by Gasteiger charge is -2.16. The molecular weight excluding hydrogens is 206 g/mol. The second-order valence-electron chi connectivity index (χ2n) is 5.10. The Morgan fingerprint density at radius 2 is 1.71 bits per heavy atom. The molecule has 0 bridgehead atoms. The average molecular weight is 227 g/mol. The second-order valence-corrected chi connectivity index (χ2v) is 5.10. The molecule has 0 aliphatic heterocycles.